The quantitative estimate of drug-likeness (QED) is 0.923. The highest BCUT2D eigenvalue weighted by atomic mass is 35.5. The molecule has 0 spiro atoms. The molecule has 0 radical (unpaired) electrons. The fourth-order valence-corrected chi connectivity index (χ4v) is 3.08. The molecule has 3 rings (SSSR count). The molecule has 4 nitrogen and oxygen atoms in total. The minimum absolute atomic E-state index is 0.0190. The molecule has 5 heteroatoms. The number of carbonyl (C=O) groups excluding carboxylic acids is 1. The first kappa shape index (κ1) is 16.8. The zero-order chi connectivity index (χ0) is 16.9. The molecule has 1 amide bonds. The number of halogens is 1. The van der Waals surface area contributed by atoms with Crippen molar-refractivity contribution in [3.05, 3.63) is 59.6 Å². The third kappa shape index (κ3) is 4.08. The molecule has 126 valence electrons. The number of anilines is 2. The molecule has 2 aromatic carbocycles. The van der Waals surface area contributed by atoms with Gasteiger partial charge in [-0.25, -0.2) is 0 Å². The largest absolute Gasteiger partial charge is 0.369 e. The zero-order valence-electron chi connectivity index (χ0n) is 13.8. The molecule has 1 N–H and O–H groups in total. The van der Waals surface area contributed by atoms with E-state index in [1.807, 2.05) is 25.1 Å². The lowest BCUT2D eigenvalue weighted by atomic mass is 10.2. The molecular weight excluding hydrogens is 322 g/mol. The van der Waals surface area contributed by atoms with Crippen molar-refractivity contribution in [1.29, 1.82) is 0 Å². The molecule has 1 aliphatic heterocycles. The SMILES string of the molecule is C[C@H](C(=O)Nc1ccc(Cl)cc1)N1CCN(c2ccccc2)CC1. The number of carbonyl (C=O) groups is 1. The van der Waals surface area contributed by atoms with Crippen LogP contribution in [0, 0.1) is 0 Å². The van der Waals surface area contributed by atoms with E-state index in [4.69, 9.17) is 11.6 Å². The molecule has 2 aromatic rings. The number of piperazine rings is 1. The average molecular weight is 344 g/mol. The van der Waals surface area contributed by atoms with E-state index in [-0.39, 0.29) is 11.9 Å². The van der Waals surface area contributed by atoms with E-state index >= 15 is 0 Å². The Balaban J connectivity index is 1.53. The second kappa shape index (κ2) is 7.69. The molecule has 1 atom stereocenters. The van der Waals surface area contributed by atoms with Gasteiger partial charge in [-0.15, -0.1) is 0 Å². The minimum Gasteiger partial charge on any atom is -0.369 e. The fourth-order valence-electron chi connectivity index (χ4n) is 2.95. The van der Waals surface area contributed by atoms with Crippen LogP contribution in [0.4, 0.5) is 11.4 Å². The Hall–Kier alpha value is -2.04. The molecule has 1 saturated heterocycles. The van der Waals surface area contributed by atoms with Gasteiger partial charge in [-0.2, -0.15) is 0 Å². The first-order valence-corrected chi connectivity index (χ1v) is 8.62. The van der Waals surface area contributed by atoms with Gasteiger partial charge < -0.3 is 10.2 Å². The van der Waals surface area contributed by atoms with Gasteiger partial charge in [0.25, 0.3) is 0 Å². The van der Waals surface area contributed by atoms with E-state index in [0.717, 1.165) is 31.9 Å². The predicted octanol–water partition coefficient (Wildman–Crippen LogP) is 3.49. The Bertz CT molecular complexity index is 667. The van der Waals surface area contributed by atoms with Gasteiger partial charge in [-0.3, -0.25) is 9.69 Å². The number of hydrogen-bond acceptors (Lipinski definition) is 3. The maximum atomic E-state index is 12.4. The highest BCUT2D eigenvalue weighted by molar-refractivity contribution is 6.30. The van der Waals surface area contributed by atoms with Crippen molar-refractivity contribution < 1.29 is 4.79 Å². The number of hydrogen-bond donors (Lipinski definition) is 1. The number of nitrogens with one attached hydrogen (secondary N) is 1. The fraction of sp³-hybridized carbons (Fsp3) is 0.316. The van der Waals surface area contributed by atoms with Gasteiger partial charge in [0.2, 0.25) is 5.91 Å². The molecule has 1 heterocycles. The monoisotopic (exact) mass is 343 g/mol. The average Bonchev–Trinajstić information content (AvgIpc) is 2.64. The number of amides is 1. The van der Waals surface area contributed by atoms with Crippen LogP contribution in [0.25, 0.3) is 0 Å². The first-order chi connectivity index (χ1) is 11.6. The molecule has 0 aliphatic carbocycles. The van der Waals surface area contributed by atoms with Gasteiger partial charge in [0.05, 0.1) is 6.04 Å². The first-order valence-electron chi connectivity index (χ1n) is 8.24. The summed E-state index contributed by atoms with van der Waals surface area (Å²) < 4.78 is 0. The number of benzene rings is 2. The van der Waals surface area contributed by atoms with Crippen molar-refractivity contribution in [3.63, 3.8) is 0 Å². The second-order valence-electron chi connectivity index (χ2n) is 6.03. The smallest absolute Gasteiger partial charge is 0.241 e. The van der Waals surface area contributed by atoms with Crippen LogP contribution in [0.1, 0.15) is 6.92 Å². The van der Waals surface area contributed by atoms with Crippen molar-refractivity contribution in [1.82, 2.24) is 4.90 Å². The van der Waals surface area contributed by atoms with Gasteiger partial charge in [0.15, 0.2) is 0 Å². The van der Waals surface area contributed by atoms with Crippen molar-refractivity contribution >= 4 is 28.9 Å². The Morgan fingerprint density at radius 3 is 2.25 bits per heavy atom. The summed E-state index contributed by atoms with van der Waals surface area (Å²) in [6.07, 6.45) is 0. The van der Waals surface area contributed by atoms with Crippen molar-refractivity contribution in [2.24, 2.45) is 0 Å². The lowest BCUT2D eigenvalue weighted by Crippen LogP contribution is -2.52. The second-order valence-corrected chi connectivity index (χ2v) is 6.47. The molecular formula is C19H22ClN3O. The number of nitrogens with zero attached hydrogens (tertiary/aromatic N) is 2. The summed E-state index contributed by atoms with van der Waals surface area (Å²) in [4.78, 5) is 17.0. The van der Waals surface area contributed by atoms with Crippen LogP contribution in [0.5, 0.6) is 0 Å². The molecule has 1 fully saturated rings. The van der Waals surface area contributed by atoms with E-state index in [1.54, 1.807) is 12.1 Å². The normalized spacial score (nSPS) is 16.7. The maximum Gasteiger partial charge on any atom is 0.241 e. The third-order valence-corrected chi connectivity index (χ3v) is 4.73. The summed E-state index contributed by atoms with van der Waals surface area (Å²) in [6, 6.07) is 17.5. The van der Waals surface area contributed by atoms with Crippen molar-refractivity contribution in [2.75, 3.05) is 36.4 Å². The van der Waals surface area contributed by atoms with Crippen LogP contribution in [0.3, 0.4) is 0 Å². The molecule has 0 saturated carbocycles. The Morgan fingerprint density at radius 1 is 1.00 bits per heavy atom. The molecule has 24 heavy (non-hydrogen) atoms. The lowest BCUT2D eigenvalue weighted by molar-refractivity contribution is -0.120. The van der Waals surface area contributed by atoms with Gasteiger partial charge in [0, 0.05) is 42.6 Å². The summed E-state index contributed by atoms with van der Waals surface area (Å²) in [5.41, 5.74) is 2.02. The Morgan fingerprint density at radius 2 is 1.62 bits per heavy atom. The Labute approximate surface area is 148 Å². The maximum absolute atomic E-state index is 12.4. The summed E-state index contributed by atoms with van der Waals surface area (Å²) in [7, 11) is 0. The number of para-hydroxylation sites is 1. The lowest BCUT2D eigenvalue weighted by Gasteiger charge is -2.38. The predicted molar refractivity (Wildman–Crippen MR) is 99.8 cm³/mol. The Kier molecular flexibility index (Phi) is 5.38. The summed E-state index contributed by atoms with van der Waals surface area (Å²) in [5, 5.41) is 3.62. The van der Waals surface area contributed by atoms with Gasteiger partial charge in [-0.1, -0.05) is 29.8 Å². The van der Waals surface area contributed by atoms with Crippen molar-refractivity contribution in [3.8, 4) is 0 Å². The van der Waals surface area contributed by atoms with Crippen LogP contribution >= 0.6 is 11.6 Å². The highest BCUT2D eigenvalue weighted by Crippen LogP contribution is 2.18. The standard InChI is InChI=1S/C19H22ClN3O/c1-15(19(24)21-17-9-7-16(20)8-10-17)22-11-13-23(14-12-22)18-5-3-2-4-6-18/h2-10,15H,11-14H2,1H3,(H,21,24)/t15-/m1/s1. The van der Waals surface area contributed by atoms with Crippen molar-refractivity contribution in [2.45, 2.75) is 13.0 Å². The molecule has 0 aromatic heterocycles. The molecule has 0 bridgehead atoms. The van der Waals surface area contributed by atoms with Gasteiger partial charge in [0.1, 0.15) is 0 Å². The topological polar surface area (TPSA) is 35.6 Å². The van der Waals surface area contributed by atoms with E-state index in [1.165, 1.54) is 5.69 Å². The van der Waals surface area contributed by atoms with Crippen LogP contribution in [0.15, 0.2) is 54.6 Å². The highest BCUT2D eigenvalue weighted by Gasteiger charge is 2.25. The zero-order valence-corrected chi connectivity index (χ0v) is 14.5. The summed E-state index contributed by atoms with van der Waals surface area (Å²) in [5.74, 6) is 0.0190. The summed E-state index contributed by atoms with van der Waals surface area (Å²) in [6.45, 7) is 5.59. The van der Waals surface area contributed by atoms with E-state index in [2.05, 4.69) is 39.4 Å². The molecule has 0 unspecified atom stereocenters. The minimum atomic E-state index is -0.154. The van der Waals surface area contributed by atoms with Crippen LogP contribution in [-0.4, -0.2) is 43.0 Å². The van der Waals surface area contributed by atoms with Crippen LogP contribution in [0.2, 0.25) is 5.02 Å². The van der Waals surface area contributed by atoms with Crippen LogP contribution < -0.4 is 10.2 Å². The third-order valence-electron chi connectivity index (χ3n) is 4.47. The molecule has 1 aliphatic rings. The van der Waals surface area contributed by atoms with E-state index < -0.39 is 0 Å². The van der Waals surface area contributed by atoms with Gasteiger partial charge >= 0.3 is 0 Å². The van der Waals surface area contributed by atoms with E-state index in [0.29, 0.717) is 5.02 Å². The van der Waals surface area contributed by atoms with E-state index in [9.17, 15) is 4.79 Å². The van der Waals surface area contributed by atoms with Crippen LogP contribution in [-0.2, 0) is 4.79 Å². The number of rotatable bonds is 4. The van der Waals surface area contributed by atoms with Gasteiger partial charge in [-0.05, 0) is 43.3 Å². The summed E-state index contributed by atoms with van der Waals surface area (Å²) >= 11 is 5.87.